The number of ether oxygens (including phenoxy) is 1. The van der Waals surface area contributed by atoms with Gasteiger partial charge in [-0.25, -0.2) is 0 Å². The van der Waals surface area contributed by atoms with E-state index >= 15 is 0 Å². The Bertz CT molecular complexity index is 831. The fraction of sp³-hybridized carbons (Fsp3) is 0.692. The van der Waals surface area contributed by atoms with E-state index in [1.165, 1.54) is 44.2 Å². The Kier molecular flexibility index (Phi) is 8.75. The van der Waals surface area contributed by atoms with Gasteiger partial charge in [0.05, 0.1) is 11.5 Å². The molecule has 3 fully saturated rings. The fourth-order valence-corrected chi connectivity index (χ4v) is 5.74. The topological polar surface area (TPSA) is 53.1 Å². The summed E-state index contributed by atoms with van der Waals surface area (Å²) in [6, 6.07) is 6.08. The summed E-state index contributed by atoms with van der Waals surface area (Å²) < 4.78 is 30.1. The van der Waals surface area contributed by atoms with Gasteiger partial charge in [0.1, 0.15) is 5.75 Å². The molecule has 2 saturated heterocycles. The minimum atomic E-state index is -3.00. The monoisotopic (exact) mass is 477 g/mol. The van der Waals surface area contributed by atoms with Crippen molar-refractivity contribution in [2.75, 3.05) is 45.8 Å². The van der Waals surface area contributed by atoms with Crippen molar-refractivity contribution in [1.82, 2.24) is 14.7 Å². The molecule has 1 unspecified atom stereocenters. The van der Waals surface area contributed by atoms with Gasteiger partial charge in [-0.1, -0.05) is 31.4 Å². The Morgan fingerprint density at radius 2 is 1.65 bits per heavy atom. The molecule has 1 saturated carbocycles. The van der Waals surface area contributed by atoms with E-state index in [-0.39, 0.29) is 29.0 Å². The standard InChI is InChI=1S/C26H37F2N3O3/c27-26(28)34-23-12-5-4-11-22(23)25(33)31-14-6-10-21(19-31)24(32)30-15-7-13-29(16-17-30)18-20-8-2-1-3-9-20/h4-5,11-12,20-21,26H,1-3,6-10,13-19H2. The van der Waals surface area contributed by atoms with Crippen LogP contribution in [-0.4, -0.2) is 78.9 Å². The Hall–Kier alpha value is -2.22. The van der Waals surface area contributed by atoms with Crippen molar-refractivity contribution >= 4 is 11.8 Å². The number of halogens is 2. The van der Waals surface area contributed by atoms with Gasteiger partial charge in [0, 0.05) is 39.3 Å². The number of nitrogens with zero attached hydrogens (tertiary/aromatic N) is 3. The molecule has 2 heterocycles. The highest BCUT2D eigenvalue weighted by molar-refractivity contribution is 5.97. The first kappa shape index (κ1) is 24.9. The second-order valence-corrected chi connectivity index (χ2v) is 9.95. The molecule has 188 valence electrons. The van der Waals surface area contributed by atoms with E-state index in [9.17, 15) is 18.4 Å². The Labute approximate surface area is 201 Å². The number of para-hydroxylation sites is 1. The van der Waals surface area contributed by atoms with Crippen LogP contribution in [0.4, 0.5) is 8.78 Å². The molecule has 1 aromatic carbocycles. The summed E-state index contributed by atoms with van der Waals surface area (Å²) in [6.45, 7) is 2.44. The zero-order valence-corrected chi connectivity index (χ0v) is 20.0. The maximum atomic E-state index is 13.4. The summed E-state index contributed by atoms with van der Waals surface area (Å²) in [5.74, 6) is 0.190. The number of likely N-dealkylation sites (tertiary alicyclic amines) is 1. The van der Waals surface area contributed by atoms with Gasteiger partial charge in [0.2, 0.25) is 5.91 Å². The number of rotatable bonds is 6. The lowest BCUT2D eigenvalue weighted by molar-refractivity contribution is -0.136. The van der Waals surface area contributed by atoms with E-state index in [4.69, 9.17) is 0 Å². The molecule has 0 radical (unpaired) electrons. The summed E-state index contributed by atoms with van der Waals surface area (Å²) >= 11 is 0. The molecular formula is C26H37F2N3O3. The normalized spacial score (nSPS) is 23.1. The summed E-state index contributed by atoms with van der Waals surface area (Å²) in [7, 11) is 0. The summed E-state index contributed by atoms with van der Waals surface area (Å²) in [5, 5.41) is 0. The average Bonchev–Trinajstić information content (AvgIpc) is 3.09. The van der Waals surface area contributed by atoms with Gasteiger partial charge in [-0.2, -0.15) is 8.78 Å². The minimum Gasteiger partial charge on any atom is -0.434 e. The van der Waals surface area contributed by atoms with Crippen LogP contribution in [0.2, 0.25) is 0 Å². The highest BCUT2D eigenvalue weighted by atomic mass is 19.3. The molecule has 1 aromatic rings. The molecule has 1 aliphatic carbocycles. The largest absolute Gasteiger partial charge is 0.434 e. The molecule has 2 aliphatic heterocycles. The second-order valence-electron chi connectivity index (χ2n) is 9.95. The van der Waals surface area contributed by atoms with E-state index in [0.29, 0.717) is 13.1 Å². The molecule has 0 N–H and O–H groups in total. The quantitative estimate of drug-likeness (QED) is 0.615. The van der Waals surface area contributed by atoms with Crippen LogP contribution in [0, 0.1) is 11.8 Å². The third kappa shape index (κ3) is 6.46. The first-order chi connectivity index (χ1) is 16.5. The van der Waals surface area contributed by atoms with E-state index < -0.39 is 6.61 Å². The molecule has 4 rings (SSSR count). The van der Waals surface area contributed by atoms with Crippen molar-refractivity contribution in [2.45, 2.75) is 58.0 Å². The number of hydrogen-bond donors (Lipinski definition) is 0. The van der Waals surface area contributed by atoms with Crippen LogP contribution in [0.1, 0.15) is 61.7 Å². The fourth-order valence-electron chi connectivity index (χ4n) is 5.74. The number of carbonyl (C=O) groups is 2. The molecule has 0 spiro atoms. The molecule has 3 aliphatic rings. The van der Waals surface area contributed by atoms with Gasteiger partial charge < -0.3 is 19.4 Å². The van der Waals surface area contributed by atoms with Gasteiger partial charge in [0.25, 0.3) is 5.91 Å². The van der Waals surface area contributed by atoms with E-state index in [1.54, 1.807) is 17.0 Å². The van der Waals surface area contributed by atoms with Gasteiger partial charge in [-0.15, -0.1) is 0 Å². The zero-order chi connectivity index (χ0) is 23.9. The Morgan fingerprint density at radius 1 is 0.882 bits per heavy atom. The lowest BCUT2D eigenvalue weighted by atomic mass is 9.89. The van der Waals surface area contributed by atoms with Gasteiger partial charge in [0.15, 0.2) is 0 Å². The third-order valence-electron chi connectivity index (χ3n) is 7.53. The molecule has 0 bridgehead atoms. The lowest BCUT2D eigenvalue weighted by Crippen LogP contribution is -2.47. The van der Waals surface area contributed by atoms with Gasteiger partial charge in [-0.05, 0) is 56.7 Å². The van der Waals surface area contributed by atoms with Crippen LogP contribution in [0.25, 0.3) is 0 Å². The first-order valence-corrected chi connectivity index (χ1v) is 12.9. The summed E-state index contributed by atoms with van der Waals surface area (Å²) in [6.07, 6.45) is 9.17. The summed E-state index contributed by atoms with van der Waals surface area (Å²) in [5.41, 5.74) is 0.115. The number of amides is 2. The molecule has 6 nitrogen and oxygen atoms in total. The van der Waals surface area contributed by atoms with Crippen LogP contribution in [0.3, 0.4) is 0 Å². The van der Waals surface area contributed by atoms with Crippen LogP contribution < -0.4 is 4.74 Å². The highest BCUT2D eigenvalue weighted by Gasteiger charge is 2.33. The van der Waals surface area contributed by atoms with Gasteiger partial charge in [-0.3, -0.25) is 9.59 Å². The highest BCUT2D eigenvalue weighted by Crippen LogP contribution is 2.27. The van der Waals surface area contributed by atoms with E-state index in [0.717, 1.165) is 57.9 Å². The molecule has 0 aromatic heterocycles. The lowest BCUT2D eigenvalue weighted by Gasteiger charge is -2.35. The SMILES string of the molecule is O=C(c1ccccc1OC(F)F)N1CCCC(C(=O)N2CCCN(CC3CCCCC3)CC2)C1. The molecule has 2 amide bonds. The zero-order valence-electron chi connectivity index (χ0n) is 20.0. The third-order valence-corrected chi connectivity index (χ3v) is 7.53. The van der Waals surface area contributed by atoms with Crippen LogP contribution in [0.15, 0.2) is 24.3 Å². The van der Waals surface area contributed by atoms with Crippen molar-refractivity contribution in [3.05, 3.63) is 29.8 Å². The van der Waals surface area contributed by atoms with Crippen LogP contribution in [-0.2, 0) is 4.79 Å². The van der Waals surface area contributed by atoms with Crippen molar-refractivity contribution in [3.8, 4) is 5.75 Å². The van der Waals surface area contributed by atoms with E-state index in [1.807, 2.05) is 4.90 Å². The predicted octanol–water partition coefficient (Wildman–Crippen LogP) is 4.25. The molecule has 8 heteroatoms. The summed E-state index contributed by atoms with van der Waals surface area (Å²) in [4.78, 5) is 32.6. The van der Waals surface area contributed by atoms with Crippen molar-refractivity contribution in [3.63, 3.8) is 0 Å². The molecular weight excluding hydrogens is 440 g/mol. The minimum absolute atomic E-state index is 0.115. The number of alkyl halides is 2. The second kappa shape index (κ2) is 12.0. The molecule has 1 atom stereocenters. The molecule has 34 heavy (non-hydrogen) atoms. The number of benzene rings is 1. The van der Waals surface area contributed by atoms with E-state index in [2.05, 4.69) is 9.64 Å². The van der Waals surface area contributed by atoms with Crippen LogP contribution in [0.5, 0.6) is 5.75 Å². The number of hydrogen-bond acceptors (Lipinski definition) is 4. The van der Waals surface area contributed by atoms with Crippen molar-refractivity contribution in [2.24, 2.45) is 11.8 Å². The first-order valence-electron chi connectivity index (χ1n) is 12.9. The number of piperidine rings is 1. The number of carbonyl (C=O) groups excluding carboxylic acids is 2. The van der Waals surface area contributed by atoms with Crippen LogP contribution >= 0.6 is 0 Å². The smallest absolute Gasteiger partial charge is 0.387 e. The van der Waals surface area contributed by atoms with Crippen molar-refractivity contribution in [1.29, 1.82) is 0 Å². The Morgan fingerprint density at radius 3 is 2.44 bits per heavy atom. The van der Waals surface area contributed by atoms with Crippen molar-refractivity contribution < 1.29 is 23.1 Å². The maximum absolute atomic E-state index is 13.4. The predicted molar refractivity (Wildman–Crippen MR) is 126 cm³/mol. The maximum Gasteiger partial charge on any atom is 0.387 e. The average molecular weight is 478 g/mol. The van der Waals surface area contributed by atoms with Gasteiger partial charge >= 0.3 is 6.61 Å². The Balaban J connectivity index is 1.33.